The molecule has 0 unspecified atom stereocenters. The first-order valence-corrected chi connectivity index (χ1v) is 25.0. The summed E-state index contributed by atoms with van der Waals surface area (Å²) in [5.74, 6) is 1.57. The number of nitrogens with zero attached hydrogens (tertiary/aromatic N) is 2. The van der Waals surface area contributed by atoms with E-state index in [1.54, 1.807) is 37.3 Å². The number of ether oxygens (including phenoxy) is 1. The first-order valence-electron chi connectivity index (χ1n) is 23.6. The predicted molar refractivity (Wildman–Crippen MR) is 277 cm³/mol. The molecule has 73 heavy (non-hydrogen) atoms. The fraction of sp³-hybridized carbons (Fsp3) is 0.250. The third kappa shape index (κ3) is 13.2. The van der Waals surface area contributed by atoms with Crippen LogP contribution in [0.5, 0.6) is 11.5 Å². The predicted octanol–water partition coefficient (Wildman–Crippen LogP) is 1.68. The maximum Gasteiger partial charge on any atom is 1.00 e. The average molecular weight is 1050 g/mol. The first kappa shape index (κ1) is 58.8. The van der Waals surface area contributed by atoms with Crippen molar-refractivity contribution in [2.24, 2.45) is 0 Å². The fourth-order valence-electron chi connectivity index (χ4n) is 9.81. The van der Waals surface area contributed by atoms with Gasteiger partial charge < -0.3 is 39.2 Å². The van der Waals surface area contributed by atoms with Gasteiger partial charge in [0, 0.05) is 51.5 Å². The zero-order chi connectivity index (χ0) is 50.7. The minimum atomic E-state index is -4.76. The molecule has 0 spiro atoms. The number of benzene rings is 5. The second-order valence-electron chi connectivity index (χ2n) is 19.1. The van der Waals surface area contributed by atoms with E-state index in [1.807, 2.05) is 86.7 Å². The summed E-state index contributed by atoms with van der Waals surface area (Å²) in [7, 11) is -5.75. The van der Waals surface area contributed by atoms with Crippen LogP contribution in [-0.4, -0.2) is 65.6 Å². The molecule has 2 aliphatic heterocycles. The molecule has 12 nitrogen and oxygen atoms in total. The van der Waals surface area contributed by atoms with Crippen LogP contribution in [0.25, 0.3) is 0 Å². The number of nitrogens with one attached hydrogen (secondary N) is 1. The van der Waals surface area contributed by atoms with Crippen molar-refractivity contribution < 1.29 is 150 Å². The van der Waals surface area contributed by atoms with Crippen LogP contribution in [0.1, 0.15) is 81.7 Å². The van der Waals surface area contributed by atoms with Gasteiger partial charge in [0.2, 0.25) is 5.91 Å². The third-order valence-electron chi connectivity index (χ3n) is 13.6. The molecule has 5 aromatic rings. The van der Waals surface area contributed by atoms with Crippen LogP contribution in [-0.2, 0) is 45.3 Å². The Morgan fingerprint density at radius 1 is 0.932 bits per heavy atom. The van der Waals surface area contributed by atoms with Gasteiger partial charge in [0.05, 0.1) is 11.4 Å². The van der Waals surface area contributed by atoms with E-state index in [2.05, 4.69) is 59.5 Å². The summed E-state index contributed by atoms with van der Waals surface area (Å²) in [5.41, 5.74) is 9.43. The number of amides is 1. The van der Waals surface area contributed by atoms with Crippen LogP contribution < -0.4 is 128 Å². The van der Waals surface area contributed by atoms with E-state index in [4.69, 9.17) is 9.39 Å². The summed E-state index contributed by atoms with van der Waals surface area (Å²) >= 11 is 0. The van der Waals surface area contributed by atoms with Crippen molar-refractivity contribution in [2.75, 3.05) is 11.4 Å². The van der Waals surface area contributed by atoms with Crippen molar-refractivity contribution in [3.63, 3.8) is 0 Å². The van der Waals surface area contributed by atoms with E-state index in [1.165, 1.54) is 12.1 Å². The molecule has 8 rings (SSSR count). The van der Waals surface area contributed by atoms with Crippen molar-refractivity contribution in [3.05, 3.63) is 202 Å². The molecule has 0 aromatic heterocycles. The Hall–Kier alpha value is -3.47. The van der Waals surface area contributed by atoms with Gasteiger partial charge >= 0.3 is 118 Å². The third-order valence-corrected chi connectivity index (χ3v) is 14.5. The number of fused-ring (bicyclic) bond motifs is 2. The van der Waals surface area contributed by atoms with Gasteiger partial charge in [-0.15, -0.1) is 6.07 Å². The molecule has 1 amide bonds. The SMILES string of the molecule is C=C(C)C(=O)NCCc1ccc(OC2=C(/C=C/C3=[N+](Cc4ccccc4B(O)O)c4cc[c-]cc4C3(C)C)CCC/C2=C\C=C2\N(Cc3ccccc3O[B]O)c3ccc(S(=O)(=O)[O-])cc3C2(C)C)cc1.[K+].[K+]. The number of allylic oxidation sites excluding steroid dienone is 7. The number of anilines is 1. The van der Waals surface area contributed by atoms with Crippen LogP contribution in [0.15, 0.2) is 173 Å². The van der Waals surface area contributed by atoms with Crippen molar-refractivity contribution in [2.45, 2.75) is 89.1 Å². The maximum absolute atomic E-state index is 12.3. The monoisotopic (exact) mass is 1050 g/mol. The van der Waals surface area contributed by atoms with E-state index in [0.717, 1.165) is 62.6 Å². The molecule has 5 aromatic carbocycles. The molecule has 363 valence electrons. The molecule has 17 heteroatoms. The summed E-state index contributed by atoms with van der Waals surface area (Å²) in [6, 6.07) is 36.2. The zero-order valence-corrected chi connectivity index (χ0v) is 49.7. The van der Waals surface area contributed by atoms with Gasteiger partial charge in [-0.1, -0.05) is 101 Å². The topological polar surface area (TPSA) is 172 Å². The van der Waals surface area contributed by atoms with Crippen molar-refractivity contribution in [3.8, 4) is 11.5 Å². The van der Waals surface area contributed by atoms with Crippen LogP contribution in [0.3, 0.4) is 0 Å². The van der Waals surface area contributed by atoms with Gasteiger partial charge in [-0.05, 0) is 109 Å². The number of carbonyl (C=O) groups excluding carboxylic acids is 1. The number of para-hydroxylation sites is 1. The quantitative estimate of drug-likeness (QED) is 0.0354. The van der Waals surface area contributed by atoms with E-state index < -0.39 is 28.1 Å². The van der Waals surface area contributed by atoms with E-state index in [0.29, 0.717) is 80.4 Å². The van der Waals surface area contributed by atoms with Crippen molar-refractivity contribution >= 4 is 53.4 Å². The molecular weight excluding hydrogens is 991 g/mol. The second kappa shape index (κ2) is 25.1. The van der Waals surface area contributed by atoms with Crippen LogP contribution in [0.4, 0.5) is 11.4 Å². The Kier molecular flexibility index (Phi) is 20.2. The summed E-state index contributed by atoms with van der Waals surface area (Å²) in [4.78, 5) is 13.9. The summed E-state index contributed by atoms with van der Waals surface area (Å²) < 4.78 is 51.7. The van der Waals surface area contributed by atoms with E-state index in [-0.39, 0.29) is 114 Å². The number of hydrogen-bond donors (Lipinski definition) is 4. The van der Waals surface area contributed by atoms with Crippen LogP contribution >= 0.6 is 0 Å². The molecule has 4 N–H and O–H groups in total. The van der Waals surface area contributed by atoms with Gasteiger partial charge in [-0.2, -0.15) is 18.2 Å². The largest absolute Gasteiger partial charge is 1.00 e. The smallest absolute Gasteiger partial charge is 0.744 e. The molecule has 3 aliphatic rings. The molecule has 1 aliphatic carbocycles. The molecular formula is C56H57B2K2N3O9S+. The number of rotatable bonds is 17. The normalized spacial score (nSPS) is 16.7. The minimum Gasteiger partial charge on any atom is -0.744 e. The van der Waals surface area contributed by atoms with Gasteiger partial charge in [-0.25, -0.2) is 13.0 Å². The Balaban J connectivity index is 0.00000435. The molecule has 0 saturated carbocycles. The standard InChI is InChI=1S/C56H58B2N3O9S.2K/c1-37(2)54(62)59-33-32-38-22-26-43(27-23-38)69-53-39(24-30-51-55(3,4)45-18-9-11-20-48(45)60(51)35-41-14-7-10-19-47(41)58(64)65)16-13-17-40(53)25-31-52-56(5,6)46-34-44(71(66,67)68)28-29-49(46)61(52)36-42-15-8-12-21-50(42)70-57-63;;/h7-8,10-12,14-15,18-31,34,63-65H,1,13,16-17,32-33,35-36H2,2-6H3,(H,59,62)(H,66,67,68);;/q;2*+1/p-1. The average Bonchev–Trinajstić information content (AvgIpc) is 3.68. The Morgan fingerprint density at radius 2 is 1.64 bits per heavy atom. The summed E-state index contributed by atoms with van der Waals surface area (Å²) in [6.07, 6.45) is 11.2. The Labute approximate surface area is 515 Å². The zero-order valence-electron chi connectivity index (χ0n) is 42.6. The molecule has 0 atom stereocenters. The van der Waals surface area contributed by atoms with Crippen LogP contribution in [0.2, 0.25) is 0 Å². The first-order chi connectivity index (χ1) is 33.9. The van der Waals surface area contributed by atoms with Gasteiger partial charge in [-0.3, -0.25) is 4.79 Å². The Morgan fingerprint density at radius 3 is 2.34 bits per heavy atom. The minimum absolute atomic E-state index is 0. The molecule has 2 heterocycles. The van der Waals surface area contributed by atoms with Gasteiger partial charge in [0.25, 0.3) is 0 Å². The molecule has 0 fully saturated rings. The fourth-order valence-corrected chi connectivity index (χ4v) is 10.3. The van der Waals surface area contributed by atoms with Crippen molar-refractivity contribution in [1.29, 1.82) is 0 Å². The van der Waals surface area contributed by atoms with Crippen LogP contribution in [0, 0.1) is 6.07 Å². The van der Waals surface area contributed by atoms with Gasteiger partial charge in [0.15, 0.2) is 12.3 Å². The summed E-state index contributed by atoms with van der Waals surface area (Å²) in [6.45, 7) is 14.9. The maximum atomic E-state index is 12.3. The molecule has 0 bridgehead atoms. The van der Waals surface area contributed by atoms with E-state index >= 15 is 0 Å². The second-order valence-corrected chi connectivity index (χ2v) is 20.5. The van der Waals surface area contributed by atoms with Gasteiger partial charge in [0.1, 0.15) is 33.1 Å². The van der Waals surface area contributed by atoms with E-state index in [9.17, 15) is 32.8 Å². The number of hydrogen-bond acceptors (Lipinski definition) is 10. The molecule has 0 saturated heterocycles. The van der Waals surface area contributed by atoms with Crippen molar-refractivity contribution in [1.82, 2.24) is 5.32 Å². The number of carbonyl (C=O) groups is 1. The molecule has 1 radical (unpaired) electrons. The summed E-state index contributed by atoms with van der Waals surface area (Å²) in [5, 5.41) is 33.2. The Bertz CT molecular complexity index is 3170.